The predicted octanol–water partition coefficient (Wildman–Crippen LogP) is 3.48. The summed E-state index contributed by atoms with van der Waals surface area (Å²) in [6, 6.07) is 8.72. The van der Waals surface area contributed by atoms with E-state index in [9.17, 15) is 9.50 Å². The van der Waals surface area contributed by atoms with Gasteiger partial charge in [0.1, 0.15) is 11.5 Å². The van der Waals surface area contributed by atoms with Crippen LogP contribution in [-0.4, -0.2) is 14.7 Å². The van der Waals surface area contributed by atoms with E-state index < -0.39 is 0 Å². The standard InChI is InChI=1S/C15H12BrFN2O/c16-13-6-10(3-4-14(13)17)7-19-8-11(9-20)12-2-1-5-18-15(12)19/h1-6,8,20H,7,9H2. The van der Waals surface area contributed by atoms with E-state index in [1.807, 2.05) is 22.9 Å². The highest BCUT2D eigenvalue weighted by atomic mass is 79.9. The summed E-state index contributed by atoms with van der Waals surface area (Å²) >= 11 is 3.19. The zero-order valence-corrected chi connectivity index (χ0v) is 12.1. The van der Waals surface area contributed by atoms with Crippen molar-refractivity contribution in [1.29, 1.82) is 0 Å². The number of hydrogen-bond acceptors (Lipinski definition) is 2. The Kier molecular flexibility index (Phi) is 3.54. The quantitative estimate of drug-likeness (QED) is 0.796. The molecular formula is C15H12BrFN2O. The van der Waals surface area contributed by atoms with Gasteiger partial charge in [0.05, 0.1) is 11.1 Å². The van der Waals surface area contributed by atoms with Crippen LogP contribution in [0.3, 0.4) is 0 Å². The number of halogens is 2. The van der Waals surface area contributed by atoms with Crippen molar-refractivity contribution in [3.05, 3.63) is 64.1 Å². The third-order valence-electron chi connectivity index (χ3n) is 3.22. The maximum Gasteiger partial charge on any atom is 0.140 e. The van der Waals surface area contributed by atoms with Crippen LogP contribution in [0, 0.1) is 5.82 Å². The maximum absolute atomic E-state index is 13.3. The number of aliphatic hydroxyl groups excluding tert-OH is 1. The summed E-state index contributed by atoms with van der Waals surface area (Å²) in [6.07, 6.45) is 3.61. The smallest absolute Gasteiger partial charge is 0.140 e. The minimum Gasteiger partial charge on any atom is -0.392 e. The molecule has 1 N–H and O–H groups in total. The molecule has 0 aliphatic rings. The van der Waals surface area contributed by atoms with Gasteiger partial charge in [-0.2, -0.15) is 0 Å². The molecule has 3 aromatic rings. The topological polar surface area (TPSA) is 38.0 Å². The average Bonchev–Trinajstić information content (AvgIpc) is 2.81. The van der Waals surface area contributed by atoms with Gasteiger partial charge in [-0.3, -0.25) is 0 Å². The Morgan fingerprint density at radius 2 is 2.15 bits per heavy atom. The van der Waals surface area contributed by atoms with Crippen LogP contribution >= 0.6 is 15.9 Å². The number of nitrogens with zero attached hydrogens (tertiary/aromatic N) is 2. The van der Waals surface area contributed by atoms with Gasteiger partial charge in [0, 0.05) is 29.9 Å². The van der Waals surface area contributed by atoms with Crippen molar-refractivity contribution in [1.82, 2.24) is 9.55 Å². The zero-order valence-electron chi connectivity index (χ0n) is 10.6. The monoisotopic (exact) mass is 334 g/mol. The third-order valence-corrected chi connectivity index (χ3v) is 3.83. The van der Waals surface area contributed by atoms with E-state index in [4.69, 9.17) is 0 Å². The summed E-state index contributed by atoms with van der Waals surface area (Å²) in [4.78, 5) is 4.35. The Morgan fingerprint density at radius 3 is 2.90 bits per heavy atom. The Labute approximate surface area is 123 Å². The summed E-state index contributed by atoms with van der Waals surface area (Å²) in [6.45, 7) is 0.550. The third kappa shape index (κ3) is 2.34. The van der Waals surface area contributed by atoms with Crippen LogP contribution in [0.1, 0.15) is 11.1 Å². The minimum absolute atomic E-state index is 0.0255. The first-order chi connectivity index (χ1) is 9.69. The molecule has 2 aromatic heterocycles. The lowest BCUT2D eigenvalue weighted by Gasteiger charge is -2.06. The summed E-state index contributed by atoms with van der Waals surface area (Å²) < 4.78 is 15.7. The zero-order chi connectivity index (χ0) is 14.1. The van der Waals surface area contributed by atoms with E-state index in [1.54, 1.807) is 18.3 Å². The molecule has 2 heterocycles. The highest BCUT2D eigenvalue weighted by Crippen LogP contribution is 2.22. The Balaban J connectivity index is 2.04. The summed E-state index contributed by atoms with van der Waals surface area (Å²) in [5.74, 6) is -0.278. The van der Waals surface area contributed by atoms with E-state index in [2.05, 4.69) is 20.9 Å². The molecule has 5 heteroatoms. The van der Waals surface area contributed by atoms with Crippen molar-refractivity contribution in [2.24, 2.45) is 0 Å². The van der Waals surface area contributed by atoms with Gasteiger partial charge in [-0.05, 0) is 45.8 Å². The van der Waals surface area contributed by atoms with Crippen molar-refractivity contribution in [3.63, 3.8) is 0 Å². The molecule has 0 fully saturated rings. The van der Waals surface area contributed by atoms with Gasteiger partial charge in [-0.15, -0.1) is 0 Å². The molecule has 0 atom stereocenters. The second-order valence-electron chi connectivity index (χ2n) is 4.56. The molecule has 0 spiro atoms. The van der Waals surface area contributed by atoms with Crippen LogP contribution in [0.15, 0.2) is 47.2 Å². The van der Waals surface area contributed by atoms with Gasteiger partial charge in [-0.1, -0.05) is 6.07 Å². The predicted molar refractivity (Wildman–Crippen MR) is 78.9 cm³/mol. The number of benzene rings is 1. The first-order valence-electron chi connectivity index (χ1n) is 6.16. The van der Waals surface area contributed by atoms with Crippen LogP contribution in [0.5, 0.6) is 0 Å². The number of hydrogen-bond donors (Lipinski definition) is 1. The molecule has 1 aromatic carbocycles. The van der Waals surface area contributed by atoms with Crippen molar-refractivity contribution in [3.8, 4) is 0 Å². The van der Waals surface area contributed by atoms with E-state index in [0.717, 1.165) is 22.2 Å². The minimum atomic E-state index is -0.278. The average molecular weight is 335 g/mol. The molecule has 3 rings (SSSR count). The van der Waals surface area contributed by atoms with E-state index in [0.29, 0.717) is 11.0 Å². The Morgan fingerprint density at radius 1 is 1.30 bits per heavy atom. The summed E-state index contributed by atoms with van der Waals surface area (Å²) in [5.41, 5.74) is 2.62. The molecule has 20 heavy (non-hydrogen) atoms. The first kappa shape index (κ1) is 13.3. The molecule has 0 bridgehead atoms. The molecular weight excluding hydrogens is 323 g/mol. The first-order valence-corrected chi connectivity index (χ1v) is 6.96. The van der Waals surface area contributed by atoms with Gasteiger partial charge in [0.2, 0.25) is 0 Å². The molecule has 0 unspecified atom stereocenters. The molecule has 0 aliphatic carbocycles. The Bertz CT molecular complexity index is 770. The van der Waals surface area contributed by atoms with Crippen LogP contribution in [0.25, 0.3) is 11.0 Å². The van der Waals surface area contributed by atoms with Gasteiger partial charge < -0.3 is 9.67 Å². The number of aromatic nitrogens is 2. The molecule has 3 nitrogen and oxygen atoms in total. The Hall–Kier alpha value is -1.72. The maximum atomic E-state index is 13.3. The second-order valence-corrected chi connectivity index (χ2v) is 5.42. The number of pyridine rings is 1. The highest BCUT2D eigenvalue weighted by molar-refractivity contribution is 9.10. The molecule has 0 saturated heterocycles. The highest BCUT2D eigenvalue weighted by Gasteiger charge is 2.09. The molecule has 0 radical (unpaired) electrons. The fourth-order valence-corrected chi connectivity index (χ4v) is 2.70. The van der Waals surface area contributed by atoms with Gasteiger partial charge in [0.15, 0.2) is 0 Å². The van der Waals surface area contributed by atoms with Crippen LogP contribution < -0.4 is 0 Å². The fourth-order valence-electron chi connectivity index (χ4n) is 2.28. The largest absolute Gasteiger partial charge is 0.392 e. The van der Waals surface area contributed by atoms with Crippen LogP contribution in [-0.2, 0) is 13.2 Å². The van der Waals surface area contributed by atoms with Crippen molar-refractivity contribution in [2.45, 2.75) is 13.2 Å². The summed E-state index contributed by atoms with van der Waals surface area (Å²) in [5, 5.41) is 10.3. The fraction of sp³-hybridized carbons (Fsp3) is 0.133. The van der Waals surface area contributed by atoms with E-state index in [1.165, 1.54) is 6.07 Å². The van der Waals surface area contributed by atoms with Gasteiger partial charge in [-0.25, -0.2) is 9.37 Å². The lowest BCUT2D eigenvalue weighted by Crippen LogP contribution is -1.99. The molecule has 0 aliphatic heterocycles. The van der Waals surface area contributed by atoms with E-state index >= 15 is 0 Å². The number of fused-ring (bicyclic) bond motifs is 1. The molecule has 0 amide bonds. The normalized spacial score (nSPS) is 11.2. The van der Waals surface area contributed by atoms with Crippen molar-refractivity contribution < 1.29 is 9.50 Å². The lowest BCUT2D eigenvalue weighted by molar-refractivity contribution is 0.283. The van der Waals surface area contributed by atoms with Crippen molar-refractivity contribution in [2.75, 3.05) is 0 Å². The summed E-state index contributed by atoms with van der Waals surface area (Å²) in [7, 11) is 0. The number of rotatable bonds is 3. The number of aliphatic hydroxyl groups is 1. The lowest BCUT2D eigenvalue weighted by atomic mass is 10.2. The molecule has 102 valence electrons. The van der Waals surface area contributed by atoms with E-state index in [-0.39, 0.29) is 12.4 Å². The SMILES string of the molecule is OCc1cn(Cc2ccc(F)c(Br)c2)c2ncccc12. The molecule has 0 saturated carbocycles. The van der Waals surface area contributed by atoms with Crippen LogP contribution in [0.2, 0.25) is 0 Å². The second kappa shape index (κ2) is 5.34. The van der Waals surface area contributed by atoms with Crippen molar-refractivity contribution >= 4 is 27.0 Å². The van der Waals surface area contributed by atoms with Gasteiger partial charge >= 0.3 is 0 Å². The van der Waals surface area contributed by atoms with Gasteiger partial charge in [0.25, 0.3) is 0 Å². The van der Waals surface area contributed by atoms with Crippen LogP contribution in [0.4, 0.5) is 4.39 Å².